The highest BCUT2D eigenvalue weighted by Gasteiger charge is 2.16. The van der Waals surface area contributed by atoms with Gasteiger partial charge in [0.15, 0.2) is 0 Å². The maximum absolute atomic E-state index is 10.7. The van der Waals surface area contributed by atoms with Gasteiger partial charge < -0.3 is 10.4 Å². The van der Waals surface area contributed by atoms with Crippen LogP contribution in [0.4, 0.5) is 0 Å². The number of thioether (sulfide) groups is 1. The molecule has 0 saturated heterocycles. The van der Waals surface area contributed by atoms with E-state index in [2.05, 4.69) is 12.2 Å². The van der Waals surface area contributed by atoms with E-state index in [0.29, 0.717) is 6.42 Å². The monoisotopic (exact) mass is 205 g/mol. The molecule has 0 aromatic heterocycles. The Hall–Kier alpha value is -0.220. The summed E-state index contributed by atoms with van der Waals surface area (Å²) >= 11 is 1.82. The molecule has 13 heavy (non-hydrogen) atoms. The minimum atomic E-state index is -0.754. The Balaban J connectivity index is 3.73. The number of rotatable bonds is 7. The van der Waals surface area contributed by atoms with E-state index in [4.69, 9.17) is 5.11 Å². The molecule has 78 valence electrons. The molecule has 0 rings (SSSR count). The van der Waals surface area contributed by atoms with Crippen LogP contribution in [0.1, 0.15) is 27.2 Å². The van der Waals surface area contributed by atoms with E-state index in [1.54, 1.807) is 0 Å². The lowest BCUT2D eigenvalue weighted by Crippen LogP contribution is -2.42. The van der Waals surface area contributed by atoms with Crippen molar-refractivity contribution in [3.8, 4) is 0 Å². The van der Waals surface area contributed by atoms with Crippen molar-refractivity contribution in [3.05, 3.63) is 0 Å². The van der Waals surface area contributed by atoms with Gasteiger partial charge in [-0.05, 0) is 19.1 Å². The Labute approximate surface area is 84.3 Å². The smallest absolute Gasteiger partial charge is 0.320 e. The van der Waals surface area contributed by atoms with Gasteiger partial charge in [0.25, 0.3) is 0 Å². The lowest BCUT2D eigenvalue weighted by atomic mass is 10.2. The van der Waals surface area contributed by atoms with Crippen LogP contribution in [-0.2, 0) is 4.79 Å². The maximum Gasteiger partial charge on any atom is 0.320 e. The van der Waals surface area contributed by atoms with E-state index in [1.807, 2.05) is 25.6 Å². The molecular formula is C9H19NO2S. The summed E-state index contributed by atoms with van der Waals surface area (Å²) in [6.07, 6.45) is 0.635. The number of aliphatic carboxylic acids is 1. The van der Waals surface area contributed by atoms with Crippen LogP contribution in [0.2, 0.25) is 0 Å². The molecule has 0 aliphatic heterocycles. The van der Waals surface area contributed by atoms with Crippen molar-refractivity contribution in [1.29, 1.82) is 0 Å². The van der Waals surface area contributed by atoms with Crippen LogP contribution in [0.5, 0.6) is 0 Å². The van der Waals surface area contributed by atoms with E-state index in [1.165, 1.54) is 0 Å². The molecule has 0 spiro atoms. The van der Waals surface area contributed by atoms with Crippen molar-refractivity contribution in [2.24, 2.45) is 0 Å². The van der Waals surface area contributed by atoms with E-state index < -0.39 is 12.0 Å². The molecule has 0 fully saturated rings. The van der Waals surface area contributed by atoms with Gasteiger partial charge in [0.05, 0.1) is 0 Å². The third-order valence-corrected chi connectivity index (χ3v) is 2.91. The molecule has 0 amide bonds. The van der Waals surface area contributed by atoms with Crippen molar-refractivity contribution in [1.82, 2.24) is 5.32 Å². The minimum absolute atomic E-state index is 0.269. The first kappa shape index (κ1) is 12.8. The lowest BCUT2D eigenvalue weighted by molar-refractivity contribution is -0.139. The standard InChI is InChI=1S/C9H19NO2S/c1-4-8(9(11)12)10-7(3)6-13-5-2/h7-8,10H,4-6H2,1-3H3,(H,11,12). The zero-order valence-electron chi connectivity index (χ0n) is 8.54. The zero-order chi connectivity index (χ0) is 10.3. The van der Waals surface area contributed by atoms with Crippen LogP contribution in [0.25, 0.3) is 0 Å². The predicted octanol–water partition coefficient (Wildman–Crippen LogP) is 1.58. The number of carbonyl (C=O) groups is 1. The summed E-state index contributed by atoms with van der Waals surface area (Å²) in [5.41, 5.74) is 0. The molecule has 2 atom stereocenters. The first-order chi connectivity index (χ1) is 6.11. The fourth-order valence-corrected chi connectivity index (χ4v) is 1.74. The van der Waals surface area contributed by atoms with Gasteiger partial charge >= 0.3 is 5.97 Å². The topological polar surface area (TPSA) is 49.3 Å². The molecular weight excluding hydrogens is 186 g/mol. The normalized spacial score (nSPS) is 15.3. The van der Waals surface area contributed by atoms with E-state index in [0.717, 1.165) is 11.5 Å². The van der Waals surface area contributed by atoms with E-state index >= 15 is 0 Å². The maximum atomic E-state index is 10.7. The Morgan fingerprint density at radius 3 is 2.54 bits per heavy atom. The lowest BCUT2D eigenvalue weighted by Gasteiger charge is -2.18. The molecule has 0 bridgehead atoms. The minimum Gasteiger partial charge on any atom is -0.480 e. The van der Waals surface area contributed by atoms with Crippen LogP contribution >= 0.6 is 11.8 Å². The number of hydrogen-bond acceptors (Lipinski definition) is 3. The molecule has 4 heteroatoms. The number of nitrogens with one attached hydrogen (secondary N) is 1. The van der Waals surface area contributed by atoms with Gasteiger partial charge in [0.1, 0.15) is 6.04 Å². The average Bonchev–Trinajstić information content (AvgIpc) is 2.10. The van der Waals surface area contributed by atoms with Crippen LogP contribution in [-0.4, -0.2) is 34.7 Å². The molecule has 0 saturated carbocycles. The SMILES string of the molecule is CCSCC(C)NC(CC)C(=O)O. The molecule has 0 aliphatic carbocycles. The molecule has 2 unspecified atom stereocenters. The number of hydrogen-bond donors (Lipinski definition) is 2. The summed E-state index contributed by atoms with van der Waals surface area (Å²) in [7, 11) is 0. The Morgan fingerprint density at radius 2 is 2.15 bits per heavy atom. The Morgan fingerprint density at radius 1 is 1.54 bits per heavy atom. The summed E-state index contributed by atoms with van der Waals surface area (Å²) in [6, 6.07) is -0.126. The summed E-state index contributed by atoms with van der Waals surface area (Å²) in [6.45, 7) is 6.01. The Kier molecular flexibility index (Phi) is 7.09. The van der Waals surface area contributed by atoms with Crippen molar-refractivity contribution in [3.63, 3.8) is 0 Å². The highest BCUT2D eigenvalue weighted by molar-refractivity contribution is 7.99. The molecule has 2 N–H and O–H groups in total. The second-order valence-electron chi connectivity index (χ2n) is 3.03. The van der Waals surface area contributed by atoms with Gasteiger partial charge in [-0.25, -0.2) is 0 Å². The third kappa shape index (κ3) is 5.93. The summed E-state index contributed by atoms with van der Waals surface area (Å²) in [5.74, 6) is 1.30. The largest absolute Gasteiger partial charge is 0.480 e. The van der Waals surface area contributed by atoms with Crippen molar-refractivity contribution >= 4 is 17.7 Å². The fraction of sp³-hybridized carbons (Fsp3) is 0.889. The van der Waals surface area contributed by atoms with Crippen LogP contribution in [0.15, 0.2) is 0 Å². The summed E-state index contributed by atoms with van der Waals surface area (Å²) in [4.78, 5) is 10.7. The first-order valence-corrected chi connectivity index (χ1v) is 5.83. The van der Waals surface area contributed by atoms with Gasteiger partial charge in [-0.2, -0.15) is 11.8 Å². The van der Waals surface area contributed by atoms with Gasteiger partial charge in [-0.15, -0.1) is 0 Å². The average molecular weight is 205 g/mol. The van der Waals surface area contributed by atoms with Crippen molar-refractivity contribution < 1.29 is 9.90 Å². The zero-order valence-corrected chi connectivity index (χ0v) is 9.36. The van der Waals surface area contributed by atoms with Crippen LogP contribution in [0.3, 0.4) is 0 Å². The van der Waals surface area contributed by atoms with E-state index in [9.17, 15) is 4.79 Å². The highest BCUT2D eigenvalue weighted by atomic mass is 32.2. The van der Waals surface area contributed by atoms with Crippen LogP contribution in [0, 0.1) is 0 Å². The second-order valence-corrected chi connectivity index (χ2v) is 4.35. The van der Waals surface area contributed by atoms with Crippen molar-refractivity contribution in [2.75, 3.05) is 11.5 Å². The van der Waals surface area contributed by atoms with Gasteiger partial charge in [0, 0.05) is 11.8 Å². The number of carboxylic acids is 1. The molecule has 0 aliphatic rings. The second kappa shape index (κ2) is 7.21. The highest BCUT2D eigenvalue weighted by Crippen LogP contribution is 2.03. The molecule has 0 aromatic carbocycles. The number of carboxylic acid groups (broad SMARTS) is 1. The molecule has 0 radical (unpaired) electrons. The van der Waals surface area contributed by atoms with Crippen LogP contribution < -0.4 is 5.32 Å². The molecule has 0 aromatic rings. The summed E-state index contributed by atoms with van der Waals surface area (Å²) in [5, 5.41) is 11.9. The van der Waals surface area contributed by atoms with E-state index in [-0.39, 0.29) is 6.04 Å². The summed E-state index contributed by atoms with van der Waals surface area (Å²) < 4.78 is 0. The fourth-order valence-electron chi connectivity index (χ4n) is 1.05. The molecule has 3 nitrogen and oxygen atoms in total. The predicted molar refractivity (Wildman–Crippen MR) is 57.3 cm³/mol. The van der Waals surface area contributed by atoms with Gasteiger partial charge in [-0.3, -0.25) is 4.79 Å². The van der Waals surface area contributed by atoms with Gasteiger partial charge in [-0.1, -0.05) is 13.8 Å². The Bertz CT molecular complexity index is 153. The van der Waals surface area contributed by atoms with Gasteiger partial charge in [0.2, 0.25) is 0 Å². The molecule has 0 heterocycles. The third-order valence-electron chi connectivity index (χ3n) is 1.76. The van der Waals surface area contributed by atoms with Crippen molar-refractivity contribution in [2.45, 2.75) is 39.3 Å². The quantitative estimate of drug-likeness (QED) is 0.662. The first-order valence-electron chi connectivity index (χ1n) is 4.68.